The summed E-state index contributed by atoms with van der Waals surface area (Å²) in [6.07, 6.45) is 3.17. The van der Waals surface area contributed by atoms with Crippen LogP contribution in [0.4, 0.5) is 0 Å². The zero-order valence-electron chi connectivity index (χ0n) is 12.6. The second-order valence-corrected chi connectivity index (χ2v) is 5.33. The van der Waals surface area contributed by atoms with Crippen LogP contribution in [0.2, 0.25) is 0 Å². The number of ether oxygens (including phenoxy) is 1. The van der Waals surface area contributed by atoms with Gasteiger partial charge >= 0.3 is 5.97 Å². The van der Waals surface area contributed by atoms with Crippen molar-refractivity contribution in [3.63, 3.8) is 0 Å². The lowest BCUT2D eigenvalue weighted by Gasteiger charge is -2.05. The second kappa shape index (κ2) is 6.48. The van der Waals surface area contributed by atoms with Crippen LogP contribution in [0.3, 0.4) is 0 Å². The third-order valence-corrected chi connectivity index (χ3v) is 3.85. The summed E-state index contributed by atoms with van der Waals surface area (Å²) in [5.74, 6) is -0.202. The van der Waals surface area contributed by atoms with Gasteiger partial charge in [-0.25, -0.2) is 0 Å². The van der Waals surface area contributed by atoms with Gasteiger partial charge in [0, 0.05) is 17.1 Å². The fourth-order valence-corrected chi connectivity index (χ4v) is 2.66. The van der Waals surface area contributed by atoms with Gasteiger partial charge in [-0.3, -0.25) is 4.79 Å². The molecule has 0 amide bonds. The summed E-state index contributed by atoms with van der Waals surface area (Å²) >= 11 is 0. The van der Waals surface area contributed by atoms with Crippen molar-refractivity contribution in [3.05, 3.63) is 71.4 Å². The average molecular weight is 293 g/mol. The van der Waals surface area contributed by atoms with Crippen molar-refractivity contribution >= 4 is 16.9 Å². The molecule has 0 aliphatic carbocycles. The lowest BCUT2D eigenvalue weighted by Crippen LogP contribution is -2.07. The fraction of sp³-hybridized carbons (Fsp3) is 0.211. The van der Waals surface area contributed by atoms with Gasteiger partial charge in [0.05, 0.1) is 6.42 Å². The number of hydrogen-bond donors (Lipinski definition) is 1. The lowest BCUT2D eigenvalue weighted by atomic mass is 10.1. The molecule has 0 aliphatic heterocycles. The number of hydrogen-bond acceptors (Lipinski definition) is 2. The Morgan fingerprint density at radius 1 is 1.05 bits per heavy atom. The first-order valence-electron chi connectivity index (χ1n) is 7.55. The largest absolute Gasteiger partial charge is 0.461 e. The number of para-hydroxylation sites is 1. The van der Waals surface area contributed by atoms with Gasteiger partial charge in [-0.15, -0.1) is 0 Å². The SMILES string of the molecule is CCc1cccc2c(CC(=O)OCc3ccccc3)c[nH]c12. The second-order valence-electron chi connectivity index (χ2n) is 5.33. The number of esters is 1. The van der Waals surface area contributed by atoms with E-state index >= 15 is 0 Å². The average Bonchev–Trinajstić information content (AvgIpc) is 2.97. The first-order chi connectivity index (χ1) is 10.8. The number of benzene rings is 2. The standard InChI is InChI=1S/C19H19NO2/c1-2-15-9-6-10-17-16(12-20-19(15)17)11-18(21)22-13-14-7-4-3-5-8-14/h3-10,12,20H,2,11,13H2,1H3. The number of fused-ring (bicyclic) bond motifs is 1. The molecule has 22 heavy (non-hydrogen) atoms. The van der Waals surface area contributed by atoms with E-state index in [-0.39, 0.29) is 5.97 Å². The number of H-pyrrole nitrogens is 1. The Morgan fingerprint density at radius 2 is 1.86 bits per heavy atom. The van der Waals surface area contributed by atoms with E-state index in [1.165, 1.54) is 5.56 Å². The molecule has 1 heterocycles. The number of carbonyl (C=O) groups excluding carboxylic acids is 1. The van der Waals surface area contributed by atoms with E-state index in [4.69, 9.17) is 4.74 Å². The van der Waals surface area contributed by atoms with Crippen LogP contribution in [0.15, 0.2) is 54.7 Å². The number of rotatable bonds is 5. The third kappa shape index (κ3) is 3.03. The first kappa shape index (κ1) is 14.4. The molecule has 112 valence electrons. The topological polar surface area (TPSA) is 42.1 Å². The minimum absolute atomic E-state index is 0.202. The minimum Gasteiger partial charge on any atom is -0.461 e. The molecule has 0 unspecified atom stereocenters. The van der Waals surface area contributed by atoms with Gasteiger partial charge in [-0.2, -0.15) is 0 Å². The minimum atomic E-state index is -0.202. The quantitative estimate of drug-likeness (QED) is 0.722. The molecule has 0 bridgehead atoms. The Hall–Kier alpha value is -2.55. The van der Waals surface area contributed by atoms with Crippen LogP contribution >= 0.6 is 0 Å². The van der Waals surface area contributed by atoms with Crippen LogP contribution in [-0.4, -0.2) is 11.0 Å². The summed E-state index contributed by atoms with van der Waals surface area (Å²) < 4.78 is 5.35. The maximum Gasteiger partial charge on any atom is 0.310 e. The molecule has 1 aromatic heterocycles. The molecule has 1 N–H and O–H groups in total. The molecule has 0 aliphatic rings. The highest BCUT2D eigenvalue weighted by atomic mass is 16.5. The molecular formula is C19H19NO2. The summed E-state index contributed by atoms with van der Waals surface area (Å²) in [7, 11) is 0. The van der Waals surface area contributed by atoms with Gasteiger partial charge in [-0.1, -0.05) is 55.5 Å². The van der Waals surface area contributed by atoms with Crippen molar-refractivity contribution < 1.29 is 9.53 Å². The molecule has 0 saturated heterocycles. The molecule has 3 rings (SSSR count). The van der Waals surface area contributed by atoms with Gasteiger partial charge in [0.1, 0.15) is 6.61 Å². The third-order valence-electron chi connectivity index (χ3n) is 3.85. The maximum absolute atomic E-state index is 12.0. The number of carbonyl (C=O) groups is 1. The van der Waals surface area contributed by atoms with Crippen LogP contribution in [0.5, 0.6) is 0 Å². The van der Waals surface area contributed by atoms with E-state index in [1.54, 1.807) is 0 Å². The van der Waals surface area contributed by atoms with Crippen molar-refractivity contribution in [1.29, 1.82) is 0 Å². The normalized spacial score (nSPS) is 10.8. The highest BCUT2D eigenvalue weighted by molar-refractivity contribution is 5.89. The van der Waals surface area contributed by atoms with Gasteiger partial charge < -0.3 is 9.72 Å². The van der Waals surface area contributed by atoms with Crippen molar-refractivity contribution in [2.24, 2.45) is 0 Å². The summed E-state index contributed by atoms with van der Waals surface area (Å²) in [6, 6.07) is 15.9. The van der Waals surface area contributed by atoms with E-state index < -0.39 is 0 Å². The summed E-state index contributed by atoms with van der Waals surface area (Å²) in [5, 5.41) is 1.11. The molecule has 2 aromatic carbocycles. The number of aromatic amines is 1. The molecule has 3 nitrogen and oxygen atoms in total. The van der Waals surface area contributed by atoms with Crippen molar-refractivity contribution in [2.45, 2.75) is 26.4 Å². The fourth-order valence-electron chi connectivity index (χ4n) is 2.66. The Kier molecular flexibility index (Phi) is 4.24. The Morgan fingerprint density at radius 3 is 2.64 bits per heavy atom. The van der Waals surface area contributed by atoms with E-state index in [9.17, 15) is 4.79 Å². The molecule has 0 saturated carbocycles. The van der Waals surface area contributed by atoms with E-state index in [1.807, 2.05) is 48.7 Å². The van der Waals surface area contributed by atoms with Crippen LogP contribution in [-0.2, 0) is 29.0 Å². The maximum atomic E-state index is 12.0. The predicted molar refractivity (Wildman–Crippen MR) is 87.6 cm³/mol. The van der Waals surface area contributed by atoms with Gasteiger partial charge in [-0.05, 0) is 23.1 Å². The number of nitrogens with one attached hydrogen (secondary N) is 1. The lowest BCUT2D eigenvalue weighted by molar-refractivity contribution is -0.144. The first-order valence-corrected chi connectivity index (χ1v) is 7.55. The summed E-state index contributed by atoms with van der Waals surface area (Å²) in [6.45, 7) is 2.45. The van der Waals surface area contributed by atoms with Crippen molar-refractivity contribution in [3.8, 4) is 0 Å². The molecule has 3 aromatic rings. The molecular weight excluding hydrogens is 274 g/mol. The molecule has 0 atom stereocenters. The van der Waals surface area contributed by atoms with Crippen LogP contribution in [0, 0.1) is 0 Å². The highest BCUT2D eigenvalue weighted by Crippen LogP contribution is 2.22. The van der Waals surface area contributed by atoms with Crippen molar-refractivity contribution in [1.82, 2.24) is 4.98 Å². The zero-order valence-corrected chi connectivity index (χ0v) is 12.6. The van der Waals surface area contributed by atoms with Crippen molar-refractivity contribution in [2.75, 3.05) is 0 Å². The summed E-state index contributed by atoms with van der Waals surface area (Å²) in [4.78, 5) is 15.3. The molecule has 3 heteroatoms. The van der Waals surface area contributed by atoms with Crippen LogP contribution in [0.1, 0.15) is 23.6 Å². The monoisotopic (exact) mass is 293 g/mol. The highest BCUT2D eigenvalue weighted by Gasteiger charge is 2.11. The molecule has 0 spiro atoms. The van der Waals surface area contributed by atoms with Gasteiger partial charge in [0.15, 0.2) is 0 Å². The predicted octanol–water partition coefficient (Wildman–Crippen LogP) is 4.02. The Balaban J connectivity index is 1.69. The summed E-state index contributed by atoms with van der Waals surface area (Å²) in [5.41, 5.74) is 4.38. The van der Waals surface area contributed by atoms with Crippen LogP contribution < -0.4 is 0 Å². The number of aromatic nitrogens is 1. The van der Waals surface area contributed by atoms with Gasteiger partial charge in [0.25, 0.3) is 0 Å². The number of aryl methyl sites for hydroxylation is 1. The zero-order chi connectivity index (χ0) is 15.4. The molecule has 0 radical (unpaired) electrons. The smallest absolute Gasteiger partial charge is 0.310 e. The molecule has 0 fully saturated rings. The van der Waals surface area contributed by atoms with Gasteiger partial charge in [0.2, 0.25) is 0 Å². The van der Waals surface area contributed by atoms with E-state index in [0.29, 0.717) is 13.0 Å². The van der Waals surface area contributed by atoms with E-state index in [2.05, 4.69) is 18.0 Å². The van der Waals surface area contributed by atoms with E-state index in [0.717, 1.165) is 28.5 Å². The Labute approximate surface area is 129 Å². The van der Waals surface area contributed by atoms with Crippen LogP contribution in [0.25, 0.3) is 10.9 Å². The Bertz CT molecular complexity index is 774.